The van der Waals surface area contributed by atoms with Gasteiger partial charge in [-0.1, -0.05) is 77.9 Å². The fourth-order valence-electron chi connectivity index (χ4n) is 3.86. The Balaban J connectivity index is 1.74. The summed E-state index contributed by atoms with van der Waals surface area (Å²) in [4.78, 5) is 0.278. The summed E-state index contributed by atoms with van der Waals surface area (Å²) < 4.78 is 28.5. The van der Waals surface area contributed by atoms with Crippen LogP contribution in [-0.4, -0.2) is 24.6 Å². The number of hydrogen-bond donors (Lipinski definition) is 0. The second-order valence-electron chi connectivity index (χ2n) is 7.89. The summed E-state index contributed by atoms with van der Waals surface area (Å²) >= 11 is 0. The first-order valence-electron chi connectivity index (χ1n) is 10.2. The molecule has 1 aliphatic heterocycles. The van der Waals surface area contributed by atoms with Gasteiger partial charge in [0.1, 0.15) is 0 Å². The Morgan fingerprint density at radius 2 is 1.63 bits per heavy atom. The largest absolute Gasteiger partial charge is 0.279 e. The van der Waals surface area contributed by atoms with Crippen LogP contribution in [0.4, 0.5) is 0 Å². The predicted molar refractivity (Wildman–Crippen MR) is 121 cm³/mol. The van der Waals surface area contributed by atoms with Crippen molar-refractivity contribution in [1.82, 2.24) is 4.41 Å². The molecule has 4 nitrogen and oxygen atoms in total. The fourth-order valence-corrected chi connectivity index (χ4v) is 5.33. The Morgan fingerprint density at radius 3 is 2.33 bits per heavy atom. The summed E-state index contributed by atoms with van der Waals surface area (Å²) in [5.41, 5.74) is 5.10. The van der Waals surface area contributed by atoms with Crippen LogP contribution in [0.5, 0.6) is 0 Å². The summed E-state index contributed by atoms with van der Waals surface area (Å²) in [6, 6.07) is 24.8. The number of rotatable bonds is 5. The van der Waals surface area contributed by atoms with E-state index in [1.165, 1.54) is 9.98 Å². The zero-order valence-electron chi connectivity index (χ0n) is 17.3. The van der Waals surface area contributed by atoms with Gasteiger partial charge in [-0.05, 0) is 56.4 Å². The molecule has 0 saturated heterocycles. The van der Waals surface area contributed by atoms with E-state index in [0.29, 0.717) is 6.42 Å². The Hall–Kier alpha value is -2.92. The minimum absolute atomic E-state index is 0.217. The maximum absolute atomic E-state index is 13.6. The third kappa shape index (κ3) is 4.31. The Kier molecular flexibility index (Phi) is 5.73. The smallest absolute Gasteiger partial charge is 0.200 e. The highest BCUT2D eigenvalue weighted by Gasteiger charge is 2.34. The zero-order valence-corrected chi connectivity index (χ0v) is 18.1. The second-order valence-corrected chi connectivity index (χ2v) is 9.68. The number of sulfonamides is 1. The van der Waals surface area contributed by atoms with Crippen molar-refractivity contribution in [1.29, 1.82) is 0 Å². The van der Waals surface area contributed by atoms with Crippen LogP contribution >= 0.6 is 0 Å². The van der Waals surface area contributed by atoms with Crippen molar-refractivity contribution in [3.8, 4) is 0 Å². The van der Waals surface area contributed by atoms with Crippen LogP contribution in [0, 0.1) is 13.8 Å². The van der Waals surface area contributed by atoms with Gasteiger partial charge in [0.2, 0.25) is 0 Å². The molecule has 0 N–H and O–H groups in total. The van der Waals surface area contributed by atoms with Gasteiger partial charge in [0.15, 0.2) is 0 Å². The van der Waals surface area contributed by atoms with E-state index in [1.807, 2.05) is 55.5 Å². The van der Waals surface area contributed by atoms with E-state index in [0.717, 1.165) is 35.2 Å². The monoisotopic (exact) mass is 418 g/mol. The average Bonchev–Trinajstić information content (AvgIpc) is 2.75. The quantitative estimate of drug-likeness (QED) is 0.579. The molecule has 4 rings (SSSR count). The van der Waals surface area contributed by atoms with Crippen LogP contribution in [-0.2, 0) is 16.4 Å². The van der Waals surface area contributed by atoms with Gasteiger partial charge in [0.25, 0.3) is 10.0 Å². The number of hydrazone groups is 1. The minimum atomic E-state index is -3.75. The number of aryl methyl sites for hydroxylation is 2. The van der Waals surface area contributed by atoms with Gasteiger partial charge in [-0.25, -0.2) is 0 Å². The molecule has 3 aromatic carbocycles. The molecule has 154 valence electrons. The molecule has 5 heteroatoms. The summed E-state index contributed by atoms with van der Waals surface area (Å²) in [6.07, 6.45) is 2.12. The lowest BCUT2D eigenvalue weighted by molar-refractivity contribution is 0.301. The maximum Gasteiger partial charge on any atom is 0.279 e. The summed E-state index contributed by atoms with van der Waals surface area (Å²) in [5, 5.41) is 4.68. The van der Waals surface area contributed by atoms with Crippen LogP contribution in [0.1, 0.15) is 35.1 Å². The van der Waals surface area contributed by atoms with Crippen molar-refractivity contribution in [3.63, 3.8) is 0 Å². The predicted octanol–water partition coefficient (Wildman–Crippen LogP) is 5.10. The molecule has 0 fully saturated rings. The van der Waals surface area contributed by atoms with E-state index in [-0.39, 0.29) is 10.9 Å². The Morgan fingerprint density at radius 1 is 0.900 bits per heavy atom. The van der Waals surface area contributed by atoms with Gasteiger partial charge < -0.3 is 0 Å². The van der Waals surface area contributed by atoms with Crippen LogP contribution in [0.3, 0.4) is 0 Å². The molecule has 0 saturated carbocycles. The Bertz CT molecular complexity index is 1150. The van der Waals surface area contributed by atoms with Crippen molar-refractivity contribution < 1.29 is 8.42 Å². The molecule has 0 spiro atoms. The molecule has 1 atom stereocenters. The van der Waals surface area contributed by atoms with Crippen LogP contribution in [0.15, 0.2) is 88.9 Å². The van der Waals surface area contributed by atoms with Gasteiger partial charge in [-0.3, -0.25) is 0 Å². The minimum Gasteiger partial charge on any atom is -0.200 e. The fraction of sp³-hybridized carbons (Fsp3) is 0.240. The molecule has 0 amide bonds. The van der Waals surface area contributed by atoms with E-state index >= 15 is 0 Å². The molecule has 3 aromatic rings. The first-order chi connectivity index (χ1) is 14.4. The van der Waals surface area contributed by atoms with E-state index < -0.39 is 10.0 Å². The average molecular weight is 419 g/mol. The lowest BCUT2D eigenvalue weighted by Crippen LogP contribution is -2.41. The highest BCUT2D eigenvalue weighted by atomic mass is 32.2. The van der Waals surface area contributed by atoms with E-state index in [2.05, 4.69) is 30.2 Å². The highest BCUT2D eigenvalue weighted by Crippen LogP contribution is 2.29. The molecule has 0 unspecified atom stereocenters. The molecular weight excluding hydrogens is 392 g/mol. The van der Waals surface area contributed by atoms with Crippen molar-refractivity contribution in [2.75, 3.05) is 0 Å². The van der Waals surface area contributed by atoms with Crippen LogP contribution in [0.2, 0.25) is 0 Å². The molecule has 0 bridgehead atoms. The third-order valence-corrected chi connectivity index (χ3v) is 7.21. The third-order valence-electron chi connectivity index (χ3n) is 5.47. The maximum atomic E-state index is 13.6. The first-order valence-corrected chi connectivity index (χ1v) is 11.7. The van der Waals surface area contributed by atoms with Crippen LogP contribution < -0.4 is 0 Å². The highest BCUT2D eigenvalue weighted by molar-refractivity contribution is 7.89. The summed E-state index contributed by atoms with van der Waals surface area (Å²) in [7, 11) is -3.75. The number of hydrogen-bond acceptors (Lipinski definition) is 3. The normalized spacial score (nSPS) is 16.9. The van der Waals surface area contributed by atoms with Gasteiger partial charge in [0, 0.05) is 0 Å². The number of nitrogens with zero attached hydrogens (tertiary/aromatic N) is 2. The molecule has 0 radical (unpaired) electrons. The van der Waals surface area contributed by atoms with Crippen molar-refractivity contribution in [3.05, 3.63) is 101 Å². The first kappa shape index (κ1) is 20.4. The van der Waals surface area contributed by atoms with E-state index in [1.54, 1.807) is 12.1 Å². The molecular formula is C25H26N2O2S. The van der Waals surface area contributed by atoms with Crippen LogP contribution in [0.25, 0.3) is 0 Å². The van der Waals surface area contributed by atoms with Crippen molar-refractivity contribution in [2.45, 2.75) is 44.0 Å². The molecule has 0 aliphatic carbocycles. The Labute approximate surface area is 178 Å². The molecule has 0 aromatic heterocycles. The lowest BCUT2D eigenvalue weighted by Gasteiger charge is -2.33. The van der Waals surface area contributed by atoms with Gasteiger partial charge >= 0.3 is 0 Å². The SMILES string of the molecule is Cc1ccc(S(=O)(=O)N2N=C(c3ccccc3)CC[C@H]2Cc2cccc(C)c2)cc1. The van der Waals surface area contributed by atoms with Gasteiger partial charge in [-0.15, -0.1) is 0 Å². The van der Waals surface area contributed by atoms with Gasteiger partial charge in [-0.2, -0.15) is 17.9 Å². The van der Waals surface area contributed by atoms with Crippen molar-refractivity contribution in [2.24, 2.45) is 5.10 Å². The molecule has 30 heavy (non-hydrogen) atoms. The standard InChI is InChI=1S/C25H26N2O2S/c1-19-11-14-24(15-12-19)30(28,29)27-23(18-21-8-6-7-20(2)17-21)13-16-25(26-27)22-9-4-3-5-10-22/h3-12,14-15,17,23H,13,16,18H2,1-2H3/t23-/m0/s1. The summed E-state index contributed by atoms with van der Waals surface area (Å²) in [5.74, 6) is 0. The number of benzene rings is 3. The summed E-state index contributed by atoms with van der Waals surface area (Å²) in [6.45, 7) is 4.00. The van der Waals surface area contributed by atoms with E-state index in [9.17, 15) is 8.42 Å². The van der Waals surface area contributed by atoms with E-state index in [4.69, 9.17) is 0 Å². The van der Waals surface area contributed by atoms with Crippen molar-refractivity contribution >= 4 is 15.7 Å². The molecule has 1 aliphatic rings. The second kappa shape index (κ2) is 8.44. The lowest BCUT2D eigenvalue weighted by atomic mass is 9.96. The molecule has 1 heterocycles. The van der Waals surface area contributed by atoms with Gasteiger partial charge in [0.05, 0.1) is 16.6 Å². The zero-order chi connectivity index (χ0) is 21.1. The topological polar surface area (TPSA) is 49.7 Å².